The predicted molar refractivity (Wildman–Crippen MR) is 96.4 cm³/mol. The first-order valence-corrected chi connectivity index (χ1v) is 9.65. The molecule has 0 aromatic rings. The quantitative estimate of drug-likeness (QED) is 0.473. The third kappa shape index (κ3) is 8.46. The van der Waals surface area contributed by atoms with Crippen LogP contribution in [0.15, 0.2) is 12.2 Å². The van der Waals surface area contributed by atoms with Gasteiger partial charge in [-0.25, -0.2) is 4.57 Å². The highest BCUT2D eigenvalue weighted by Crippen LogP contribution is 2.49. The molecule has 6 heteroatoms. The SMILES string of the molecule is C=C(C)C(C)CC(C)(C)C(NC)C(C)OP(=O)(O)OC(C)(C)C. The van der Waals surface area contributed by atoms with Crippen molar-refractivity contribution in [1.82, 2.24) is 5.32 Å². The number of likely N-dealkylation sites (N-methyl/N-ethyl adjacent to an activating group) is 1. The van der Waals surface area contributed by atoms with Gasteiger partial charge in [0.1, 0.15) is 0 Å². The van der Waals surface area contributed by atoms with Crippen molar-refractivity contribution in [2.24, 2.45) is 11.3 Å². The Balaban J connectivity index is 5.08. The highest BCUT2D eigenvalue weighted by atomic mass is 31.2. The van der Waals surface area contributed by atoms with Crippen molar-refractivity contribution >= 4 is 7.82 Å². The predicted octanol–water partition coefficient (Wildman–Crippen LogP) is 4.52. The van der Waals surface area contributed by atoms with E-state index < -0.39 is 19.5 Å². The van der Waals surface area contributed by atoms with E-state index in [0.717, 1.165) is 12.0 Å². The van der Waals surface area contributed by atoms with E-state index in [1.54, 1.807) is 27.7 Å². The summed E-state index contributed by atoms with van der Waals surface area (Å²) in [6.07, 6.45) is 0.419. The van der Waals surface area contributed by atoms with Gasteiger partial charge in [-0.2, -0.15) is 0 Å². The molecule has 0 aliphatic heterocycles. The lowest BCUT2D eigenvalue weighted by Gasteiger charge is -2.40. The Labute approximate surface area is 142 Å². The molecule has 0 amide bonds. The zero-order valence-corrected chi connectivity index (χ0v) is 17.2. The summed E-state index contributed by atoms with van der Waals surface area (Å²) >= 11 is 0. The van der Waals surface area contributed by atoms with Crippen molar-refractivity contribution in [2.45, 2.75) is 79.6 Å². The number of hydrogen-bond donors (Lipinski definition) is 2. The van der Waals surface area contributed by atoms with Crippen LogP contribution in [-0.2, 0) is 13.6 Å². The molecule has 4 unspecified atom stereocenters. The summed E-state index contributed by atoms with van der Waals surface area (Å²) in [6.45, 7) is 19.4. The molecule has 0 spiro atoms. The van der Waals surface area contributed by atoms with Gasteiger partial charge >= 0.3 is 7.82 Å². The number of nitrogens with one attached hydrogen (secondary N) is 1. The molecule has 0 fully saturated rings. The van der Waals surface area contributed by atoms with Crippen LogP contribution in [0.1, 0.15) is 61.8 Å². The van der Waals surface area contributed by atoms with Crippen LogP contribution in [-0.4, -0.2) is 29.7 Å². The summed E-state index contributed by atoms with van der Waals surface area (Å²) in [5, 5.41) is 3.23. The van der Waals surface area contributed by atoms with Gasteiger partial charge in [-0.3, -0.25) is 9.05 Å². The second kappa shape index (κ2) is 8.26. The lowest BCUT2D eigenvalue weighted by Crippen LogP contribution is -2.49. The van der Waals surface area contributed by atoms with Gasteiger partial charge in [-0.15, -0.1) is 0 Å². The molecule has 2 N–H and O–H groups in total. The normalized spacial score (nSPS) is 19.7. The fourth-order valence-corrected chi connectivity index (χ4v) is 4.27. The van der Waals surface area contributed by atoms with Crippen molar-refractivity contribution in [3.05, 3.63) is 12.2 Å². The Hall–Kier alpha value is -0.190. The molecule has 0 bridgehead atoms. The molecule has 0 saturated carbocycles. The minimum Gasteiger partial charge on any atom is -0.314 e. The fraction of sp³-hybridized carbons (Fsp3) is 0.882. The van der Waals surface area contributed by atoms with Crippen LogP contribution >= 0.6 is 7.82 Å². The van der Waals surface area contributed by atoms with E-state index in [9.17, 15) is 9.46 Å². The molecular weight excluding hydrogens is 313 g/mol. The molecule has 0 aromatic carbocycles. The summed E-state index contributed by atoms with van der Waals surface area (Å²) in [5.41, 5.74) is 0.239. The van der Waals surface area contributed by atoms with Crippen LogP contribution in [0.25, 0.3) is 0 Å². The Morgan fingerprint density at radius 2 is 1.74 bits per heavy atom. The van der Waals surface area contributed by atoms with Crippen molar-refractivity contribution in [3.63, 3.8) is 0 Å². The Kier molecular flexibility index (Phi) is 8.19. The van der Waals surface area contributed by atoms with Crippen LogP contribution < -0.4 is 5.32 Å². The second-order valence-electron chi connectivity index (χ2n) is 8.19. The minimum atomic E-state index is -4.12. The first kappa shape index (κ1) is 22.8. The largest absolute Gasteiger partial charge is 0.473 e. The standard InChI is InChI=1S/C17H36NO4P/c1-12(2)13(3)11-17(8,9)15(18-10)14(4)21-23(19,20)22-16(5,6)7/h13-15,18H,1,11H2,2-10H3,(H,19,20). The molecule has 0 heterocycles. The average molecular weight is 349 g/mol. The van der Waals surface area contributed by atoms with Crippen molar-refractivity contribution in [2.75, 3.05) is 7.05 Å². The number of allylic oxidation sites excluding steroid dienone is 1. The fourth-order valence-electron chi connectivity index (χ4n) is 2.99. The van der Waals surface area contributed by atoms with Gasteiger partial charge in [0, 0.05) is 6.04 Å². The highest BCUT2D eigenvalue weighted by Gasteiger charge is 2.39. The number of rotatable bonds is 9. The van der Waals surface area contributed by atoms with E-state index in [4.69, 9.17) is 9.05 Å². The molecule has 23 heavy (non-hydrogen) atoms. The van der Waals surface area contributed by atoms with Gasteiger partial charge in [0.05, 0.1) is 11.7 Å². The lowest BCUT2D eigenvalue weighted by atomic mass is 9.74. The zero-order chi connectivity index (χ0) is 18.6. The lowest BCUT2D eigenvalue weighted by molar-refractivity contribution is 0.0178. The minimum absolute atomic E-state index is 0.103. The van der Waals surface area contributed by atoms with Crippen molar-refractivity contribution in [3.8, 4) is 0 Å². The van der Waals surface area contributed by atoms with Crippen molar-refractivity contribution < 1.29 is 18.5 Å². The third-order valence-electron chi connectivity index (χ3n) is 3.98. The van der Waals surface area contributed by atoms with Gasteiger partial charge in [-0.1, -0.05) is 32.9 Å². The number of hydrogen-bond acceptors (Lipinski definition) is 4. The van der Waals surface area contributed by atoms with E-state index in [1.807, 2.05) is 14.0 Å². The Bertz CT molecular complexity index is 442. The summed E-state index contributed by atoms with van der Waals surface area (Å²) in [4.78, 5) is 9.97. The van der Waals surface area contributed by atoms with E-state index in [0.29, 0.717) is 5.92 Å². The van der Waals surface area contributed by atoms with Gasteiger partial charge in [-0.05, 0) is 59.4 Å². The smallest absolute Gasteiger partial charge is 0.314 e. The summed E-state index contributed by atoms with van der Waals surface area (Å²) in [7, 11) is -2.28. The number of phosphoric ester groups is 1. The second-order valence-corrected chi connectivity index (χ2v) is 9.52. The summed E-state index contributed by atoms with van der Waals surface area (Å²) in [6, 6.07) is -0.103. The molecule has 0 radical (unpaired) electrons. The molecule has 0 aliphatic carbocycles. The van der Waals surface area contributed by atoms with Gasteiger partial charge in [0.2, 0.25) is 0 Å². The Morgan fingerprint density at radius 3 is 2.09 bits per heavy atom. The van der Waals surface area contributed by atoms with Gasteiger partial charge < -0.3 is 10.2 Å². The zero-order valence-electron chi connectivity index (χ0n) is 16.3. The number of phosphoric acid groups is 1. The maximum absolute atomic E-state index is 12.2. The molecule has 4 atom stereocenters. The molecule has 138 valence electrons. The molecule has 5 nitrogen and oxygen atoms in total. The molecule has 0 rings (SSSR count). The molecule has 0 saturated heterocycles. The maximum atomic E-state index is 12.2. The van der Waals surface area contributed by atoms with Gasteiger partial charge in [0.15, 0.2) is 0 Å². The van der Waals surface area contributed by atoms with Crippen LogP contribution in [0.2, 0.25) is 0 Å². The highest BCUT2D eigenvalue weighted by molar-refractivity contribution is 7.47. The molecular formula is C17H36NO4P. The van der Waals surface area contributed by atoms with E-state index >= 15 is 0 Å². The first-order chi connectivity index (χ1) is 10.1. The summed E-state index contributed by atoms with van der Waals surface area (Å²) < 4.78 is 22.8. The van der Waals surface area contributed by atoms with Crippen LogP contribution in [0.5, 0.6) is 0 Å². The topological polar surface area (TPSA) is 67.8 Å². The van der Waals surface area contributed by atoms with E-state index in [-0.39, 0.29) is 11.5 Å². The maximum Gasteiger partial charge on any atom is 0.473 e. The molecule has 0 aliphatic rings. The first-order valence-electron chi connectivity index (χ1n) is 8.16. The van der Waals surface area contributed by atoms with E-state index in [1.165, 1.54) is 0 Å². The Morgan fingerprint density at radius 1 is 1.26 bits per heavy atom. The third-order valence-corrected chi connectivity index (χ3v) is 5.36. The van der Waals surface area contributed by atoms with Gasteiger partial charge in [0.25, 0.3) is 0 Å². The van der Waals surface area contributed by atoms with Crippen LogP contribution in [0.3, 0.4) is 0 Å². The van der Waals surface area contributed by atoms with Crippen molar-refractivity contribution in [1.29, 1.82) is 0 Å². The monoisotopic (exact) mass is 349 g/mol. The molecule has 0 aromatic heterocycles. The van der Waals surface area contributed by atoms with Crippen LogP contribution in [0, 0.1) is 11.3 Å². The van der Waals surface area contributed by atoms with E-state index in [2.05, 4.69) is 32.7 Å². The summed E-state index contributed by atoms with van der Waals surface area (Å²) in [5.74, 6) is 0.361. The van der Waals surface area contributed by atoms with Crippen LogP contribution in [0.4, 0.5) is 0 Å². The average Bonchev–Trinajstić information content (AvgIpc) is 2.23.